The molecule has 1 atom stereocenters. The zero-order chi connectivity index (χ0) is 11.6. The maximum atomic E-state index is 11.7. The molecular formula is C10H13BrO2S2. The Kier molecular flexibility index (Phi) is 4.26. The van der Waals surface area contributed by atoms with Crippen LogP contribution < -0.4 is 0 Å². The third kappa shape index (κ3) is 3.81. The van der Waals surface area contributed by atoms with Crippen molar-refractivity contribution in [2.24, 2.45) is 0 Å². The molecule has 1 unspecified atom stereocenters. The first-order valence-corrected chi connectivity index (χ1v) is 7.40. The van der Waals surface area contributed by atoms with E-state index in [9.17, 15) is 9.00 Å². The Balaban J connectivity index is 2.69. The highest BCUT2D eigenvalue weighted by atomic mass is 79.9. The summed E-state index contributed by atoms with van der Waals surface area (Å²) in [6.45, 7) is 5.63. The van der Waals surface area contributed by atoms with Crippen molar-refractivity contribution in [2.75, 3.05) is 5.75 Å². The molecule has 1 aromatic rings. The standard InChI is InChI=1S/C10H13BrO2S2/c1-10(2,3)15(13)6-7(12)8-4-5-9(11)14-8/h4-5H,6H2,1-3H3. The first kappa shape index (κ1) is 13.1. The molecule has 0 fully saturated rings. The van der Waals surface area contributed by atoms with E-state index in [0.717, 1.165) is 3.79 Å². The van der Waals surface area contributed by atoms with Gasteiger partial charge in [0.15, 0.2) is 5.78 Å². The zero-order valence-corrected chi connectivity index (χ0v) is 12.1. The smallest absolute Gasteiger partial charge is 0.185 e. The molecule has 1 heterocycles. The molecular weight excluding hydrogens is 296 g/mol. The van der Waals surface area contributed by atoms with Gasteiger partial charge in [-0.15, -0.1) is 11.3 Å². The summed E-state index contributed by atoms with van der Waals surface area (Å²) < 4.78 is 12.3. The van der Waals surface area contributed by atoms with Crippen molar-refractivity contribution >= 4 is 43.8 Å². The van der Waals surface area contributed by atoms with Gasteiger partial charge in [0.25, 0.3) is 0 Å². The van der Waals surface area contributed by atoms with E-state index in [4.69, 9.17) is 0 Å². The Hall–Kier alpha value is -0.0000000000000000833. The average Bonchev–Trinajstić information content (AvgIpc) is 2.50. The molecule has 0 aromatic carbocycles. The van der Waals surface area contributed by atoms with Gasteiger partial charge in [-0.05, 0) is 48.8 Å². The molecule has 0 aliphatic heterocycles. The molecule has 0 N–H and O–H groups in total. The van der Waals surface area contributed by atoms with Crippen LogP contribution in [0.5, 0.6) is 0 Å². The average molecular weight is 309 g/mol. The predicted octanol–water partition coefficient (Wildman–Crippen LogP) is 3.24. The van der Waals surface area contributed by atoms with E-state index in [1.54, 1.807) is 6.07 Å². The van der Waals surface area contributed by atoms with Crippen LogP contribution in [0.4, 0.5) is 0 Å². The van der Waals surface area contributed by atoms with Gasteiger partial charge >= 0.3 is 0 Å². The fourth-order valence-corrected chi connectivity index (χ4v) is 3.11. The van der Waals surface area contributed by atoms with Crippen LogP contribution in [0.2, 0.25) is 0 Å². The van der Waals surface area contributed by atoms with E-state index in [0.29, 0.717) is 4.88 Å². The third-order valence-electron chi connectivity index (χ3n) is 1.79. The summed E-state index contributed by atoms with van der Waals surface area (Å²) in [4.78, 5) is 12.4. The predicted molar refractivity (Wildman–Crippen MR) is 69.1 cm³/mol. The second-order valence-electron chi connectivity index (χ2n) is 4.13. The largest absolute Gasteiger partial charge is 0.292 e. The first-order valence-electron chi connectivity index (χ1n) is 4.48. The van der Waals surface area contributed by atoms with Crippen molar-refractivity contribution in [2.45, 2.75) is 25.5 Å². The van der Waals surface area contributed by atoms with Gasteiger partial charge in [-0.3, -0.25) is 9.00 Å². The first-order chi connectivity index (χ1) is 6.80. The highest BCUT2D eigenvalue weighted by Crippen LogP contribution is 2.23. The molecule has 0 amide bonds. The maximum Gasteiger partial charge on any atom is 0.185 e. The Bertz CT molecular complexity index is 390. The second-order valence-corrected chi connectivity index (χ2v) is 8.80. The SMILES string of the molecule is CC(C)(C)S(=O)CC(=O)c1ccc(Br)s1. The maximum absolute atomic E-state index is 11.7. The Morgan fingerprint density at radius 2 is 2.07 bits per heavy atom. The number of rotatable bonds is 3. The minimum atomic E-state index is -1.12. The third-order valence-corrected chi connectivity index (χ3v) is 5.35. The van der Waals surface area contributed by atoms with Gasteiger partial charge in [-0.1, -0.05) is 0 Å². The fourth-order valence-electron chi connectivity index (χ4n) is 0.871. The molecule has 2 nitrogen and oxygen atoms in total. The molecule has 0 aliphatic carbocycles. The summed E-state index contributed by atoms with van der Waals surface area (Å²) in [5.41, 5.74) is 0. The molecule has 0 bridgehead atoms. The summed E-state index contributed by atoms with van der Waals surface area (Å²) >= 11 is 4.68. The number of hydrogen-bond donors (Lipinski definition) is 0. The summed E-state index contributed by atoms with van der Waals surface area (Å²) in [6, 6.07) is 3.59. The minimum Gasteiger partial charge on any atom is -0.292 e. The monoisotopic (exact) mass is 308 g/mol. The number of halogens is 1. The molecule has 0 saturated heterocycles. The molecule has 0 saturated carbocycles. The van der Waals surface area contributed by atoms with Crippen LogP contribution >= 0.6 is 27.3 Å². The number of ketones is 1. The number of hydrogen-bond acceptors (Lipinski definition) is 3. The van der Waals surface area contributed by atoms with Crippen LogP contribution in [0, 0.1) is 0 Å². The van der Waals surface area contributed by atoms with Crippen LogP contribution in [0.3, 0.4) is 0 Å². The lowest BCUT2D eigenvalue weighted by atomic mass is 10.3. The van der Waals surface area contributed by atoms with E-state index in [2.05, 4.69) is 15.9 Å². The molecule has 1 aromatic heterocycles. The number of thiophene rings is 1. The van der Waals surface area contributed by atoms with Crippen molar-refractivity contribution in [1.29, 1.82) is 0 Å². The van der Waals surface area contributed by atoms with E-state index < -0.39 is 10.8 Å². The van der Waals surface area contributed by atoms with E-state index in [-0.39, 0.29) is 16.3 Å². The van der Waals surface area contributed by atoms with Gasteiger partial charge in [0.05, 0.1) is 14.4 Å². The lowest BCUT2D eigenvalue weighted by Crippen LogP contribution is -2.27. The number of carbonyl (C=O) groups is 1. The molecule has 15 heavy (non-hydrogen) atoms. The van der Waals surface area contributed by atoms with Crippen LogP contribution in [0.15, 0.2) is 15.9 Å². The van der Waals surface area contributed by atoms with Crippen molar-refractivity contribution < 1.29 is 9.00 Å². The van der Waals surface area contributed by atoms with Crippen molar-refractivity contribution in [3.05, 3.63) is 20.8 Å². The molecule has 0 aliphatic rings. The number of carbonyl (C=O) groups excluding carboxylic acids is 1. The topological polar surface area (TPSA) is 34.1 Å². The van der Waals surface area contributed by atoms with Crippen LogP contribution in [0.1, 0.15) is 30.4 Å². The van der Waals surface area contributed by atoms with Crippen molar-refractivity contribution in [3.8, 4) is 0 Å². The Morgan fingerprint density at radius 1 is 1.47 bits per heavy atom. The second kappa shape index (κ2) is 4.89. The summed E-state index contributed by atoms with van der Waals surface area (Å²) in [7, 11) is -1.12. The molecule has 84 valence electrons. The van der Waals surface area contributed by atoms with Gasteiger partial charge in [0.2, 0.25) is 0 Å². The van der Waals surface area contributed by atoms with Gasteiger partial charge in [0, 0.05) is 15.5 Å². The zero-order valence-electron chi connectivity index (χ0n) is 8.87. The van der Waals surface area contributed by atoms with Gasteiger partial charge in [-0.25, -0.2) is 0 Å². The van der Waals surface area contributed by atoms with Gasteiger partial charge in [0.1, 0.15) is 0 Å². The highest BCUT2D eigenvalue weighted by molar-refractivity contribution is 9.11. The number of Topliss-reactive ketones (excluding diaryl/α,β-unsaturated/α-hetero) is 1. The quantitative estimate of drug-likeness (QED) is 0.803. The summed E-state index contributed by atoms with van der Waals surface area (Å²) in [5, 5.41) is 0. The molecule has 1 rings (SSSR count). The van der Waals surface area contributed by atoms with Crippen LogP contribution in [-0.4, -0.2) is 20.5 Å². The van der Waals surface area contributed by atoms with Gasteiger partial charge in [-0.2, -0.15) is 0 Å². The van der Waals surface area contributed by atoms with E-state index in [1.807, 2.05) is 26.8 Å². The fraction of sp³-hybridized carbons (Fsp3) is 0.500. The molecule has 5 heteroatoms. The van der Waals surface area contributed by atoms with Crippen molar-refractivity contribution in [1.82, 2.24) is 0 Å². The Morgan fingerprint density at radius 3 is 2.47 bits per heavy atom. The summed E-state index contributed by atoms with van der Waals surface area (Å²) in [5.74, 6) is 0.0650. The van der Waals surface area contributed by atoms with E-state index in [1.165, 1.54) is 11.3 Å². The van der Waals surface area contributed by atoms with Crippen molar-refractivity contribution in [3.63, 3.8) is 0 Å². The van der Waals surface area contributed by atoms with Gasteiger partial charge < -0.3 is 0 Å². The molecule has 0 radical (unpaired) electrons. The minimum absolute atomic E-state index is 0.0426. The lowest BCUT2D eigenvalue weighted by molar-refractivity contribution is 0.102. The normalized spacial score (nSPS) is 13.9. The Labute approximate surface area is 105 Å². The van der Waals surface area contributed by atoms with E-state index >= 15 is 0 Å². The lowest BCUT2D eigenvalue weighted by Gasteiger charge is -2.16. The van der Waals surface area contributed by atoms with Crippen LogP contribution in [0.25, 0.3) is 0 Å². The summed E-state index contributed by atoms with van der Waals surface area (Å²) in [6.07, 6.45) is 0. The highest BCUT2D eigenvalue weighted by Gasteiger charge is 2.23. The van der Waals surface area contributed by atoms with Crippen LogP contribution in [-0.2, 0) is 10.8 Å². The molecule has 0 spiro atoms.